The van der Waals surface area contributed by atoms with Crippen LogP contribution in [0.1, 0.15) is 12.8 Å². The van der Waals surface area contributed by atoms with E-state index in [4.69, 9.17) is 5.73 Å². The summed E-state index contributed by atoms with van der Waals surface area (Å²) in [7, 11) is 0. The average molecular weight is 400 g/mol. The monoisotopic (exact) mass is 400 g/mol. The number of hydrogen-bond donors (Lipinski definition) is 4. The van der Waals surface area contributed by atoms with E-state index >= 15 is 0 Å². The Balaban J connectivity index is 1.52. The number of nitrogens with two attached hydrogens (primary N) is 1. The molecule has 0 aromatic carbocycles. The van der Waals surface area contributed by atoms with Gasteiger partial charge in [0.05, 0.1) is 24.0 Å². The van der Waals surface area contributed by atoms with Crippen LogP contribution in [0, 0.1) is 29.5 Å². The highest BCUT2D eigenvalue weighted by atomic mass is 19.1. The Bertz CT molecular complexity index is 979. The number of hydrogen-bond acceptors (Lipinski definition) is 7. The van der Waals surface area contributed by atoms with E-state index in [1.54, 1.807) is 6.20 Å². The van der Waals surface area contributed by atoms with Crippen LogP contribution in [0.5, 0.6) is 0 Å². The van der Waals surface area contributed by atoms with Gasteiger partial charge in [-0.15, -0.1) is 0 Å². The minimum Gasteiger partial charge on any atom is -0.369 e. The van der Waals surface area contributed by atoms with Gasteiger partial charge in [-0.25, -0.2) is 9.37 Å². The molecule has 0 saturated heterocycles. The van der Waals surface area contributed by atoms with Crippen molar-refractivity contribution in [2.75, 3.05) is 17.2 Å². The zero-order valence-electron chi connectivity index (χ0n) is 15.5. The second kappa shape index (κ2) is 6.68. The zero-order valence-corrected chi connectivity index (χ0v) is 15.5. The molecule has 0 spiro atoms. The Kier molecular flexibility index (Phi) is 4.10. The van der Waals surface area contributed by atoms with Crippen molar-refractivity contribution in [1.82, 2.24) is 25.1 Å². The van der Waals surface area contributed by atoms with Gasteiger partial charge in [0, 0.05) is 18.8 Å². The Hall–Kier alpha value is -3.24. The van der Waals surface area contributed by atoms with Crippen LogP contribution in [0.4, 0.5) is 21.8 Å². The van der Waals surface area contributed by atoms with Gasteiger partial charge in [-0.3, -0.25) is 14.3 Å². The fourth-order valence-corrected chi connectivity index (χ4v) is 5.11. The number of nitrogens with zero attached hydrogens (tertiary/aromatic N) is 4. The molecule has 11 heteroatoms. The first-order chi connectivity index (χ1) is 14.0. The zero-order chi connectivity index (χ0) is 20.1. The first-order valence-corrected chi connectivity index (χ1v) is 9.62. The molecular weight excluding hydrogens is 379 g/mol. The third-order valence-corrected chi connectivity index (χ3v) is 6.27. The van der Waals surface area contributed by atoms with E-state index in [-0.39, 0.29) is 48.0 Å². The highest BCUT2D eigenvalue weighted by Crippen LogP contribution is 2.52. The van der Waals surface area contributed by atoms with Gasteiger partial charge in [-0.2, -0.15) is 10.1 Å². The number of carbonyl (C=O) groups is 2. The second-order valence-corrected chi connectivity index (χ2v) is 8.00. The molecule has 0 radical (unpaired) electrons. The van der Waals surface area contributed by atoms with Crippen molar-refractivity contribution in [2.24, 2.45) is 29.4 Å². The van der Waals surface area contributed by atoms with Crippen molar-refractivity contribution in [3.63, 3.8) is 0 Å². The molecule has 10 nitrogen and oxygen atoms in total. The summed E-state index contributed by atoms with van der Waals surface area (Å²) < 4.78 is 15.9. The van der Waals surface area contributed by atoms with Gasteiger partial charge in [-0.1, -0.05) is 0 Å². The number of rotatable bonds is 1. The lowest BCUT2D eigenvalue weighted by atomic mass is 9.77. The highest BCUT2D eigenvalue weighted by molar-refractivity contribution is 5.79. The molecule has 2 aromatic heterocycles. The standard InChI is InChI=1S/C18H21FN8O2/c19-12-5-22-18-24-10-4-23-27(6-10)7-13(28)21-3-9-1-8-2-11(9)15(14(8)16(20)29)25-17(12)26-18/h4-6,8-9,11,14-15H,1-3,7H2,(H2,20,29)(H,21,28)(H2,22,24,25,26)/t8-,9+,11-,14+,15-/m1/s1. The number of amides is 2. The molecule has 29 heavy (non-hydrogen) atoms. The van der Waals surface area contributed by atoms with Gasteiger partial charge >= 0.3 is 0 Å². The van der Waals surface area contributed by atoms with Crippen molar-refractivity contribution >= 4 is 29.3 Å². The van der Waals surface area contributed by atoms with E-state index in [9.17, 15) is 14.0 Å². The number of carbonyl (C=O) groups excluding carboxylic acids is 2. The fourth-order valence-electron chi connectivity index (χ4n) is 5.11. The summed E-state index contributed by atoms with van der Waals surface area (Å²) in [4.78, 5) is 32.6. The molecule has 0 unspecified atom stereocenters. The van der Waals surface area contributed by atoms with E-state index in [0.717, 1.165) is 19.0 Å². The maximum atomic E-state index is 14.4. The molecular formula is C18H21FN8O2. The molecule has 5 rings (SSSR count). The smallest absolute Gasteiger partial charge is 0.241 e. The predicted molar refractivity (Wildman–Crippen MR) is 100 cm³/mol. The molecule has 2 aliphatic carbocycles. The van der Waals surface area contributed by atoms with Crippen LogP contribution in [0.2, 0.25) is 0 Å². The number of nitrogens with one attached hydrogen (secondary N) is 3. The lowest BCUT2D eigenvalue weighted by Gasteiger charge is -2.35. The highest BCUT2D eigenvalue weighted by Gasteiger charge is 2.54. The van der Waals surface area contributed by atoms with E-state index in [2.05, 4.69) is 31.0 Å². The van der Waals surface area contributed by atoms with Gasteiger partial charge < -0.3 is 21.7 Å². The lowest BCUT2D eigenvalue weighted by Crippen LogP contribution is -2.47. The molecule has 1 aliphatic heterocycles. The van der Waals surface area contributed by atoms with Crippen LogP contribution < -0.4 is 21.7 Å². The van der Waals surface area contributed by atoms with Crippen LogP contribution >= 0.6 is 0 Å². The summed E-state index contributed by atoms with van der Waals surface area (Å²) >= 11 is 0. The van der Waals surface area contributed by atoms with Gasteiger partial charge in [0.25, 0.3) is 0 Å². The van der Waals surface area contributed by atoms with Crippen LogP contribution in [-0.2, 0) is 16.1 Å². The average Bonchev–Trinajstić information content (AvgIpc) is 3.37. The van der Waals surface area contributed by atoms with Crippen LogP contribution in [-0.4, -0.2) is 44.1 Å². The molecule has 2 aromatic rings. The summed E-state index contributed by atoms with van der Waals surface area (Å²) in [5.74, 6) is -0.951. The maximum Gasteiger partial charge on any atom is 0.241 e. The minimum atomic E-state index is -0.605. The molecule has 2 saturated carbocycles. The maximum absolute atomic E-state index is 14.4. The van der Waals surface area contributed by atoms with Gasteiger partial charge in [0.1, 0.15) is 6.54 Å². The topological polar surface area (TPSA) is 140 Å². The van der Waals surface area contributed by atoms with Crippen LogP contribution in [0.3, 0.4) is 0 Å². The Morgan fingerprint density at radius 1 is 1.28 bits per heavy atom. The first-order valence-electron chi connectivity index (χ1n) is 9.62. The van der Waals surface area contributed by atoms with Gasteiger partial charge in [0.15, 0.2) is 11.6 Å². The van der Waals surface area contributed by atoms with E-state index in [1.807, 2.05) is 0 Å². The Labute approximate surface area is 165 Å². The fraction of sp³-hybridized carbons (Fsp3) is 0.500. The SMILES string of the molecule is NC(=O)[C@H]1[C@@H]2C[C@H]3CNC(=O)Cn4cc(cn4)Nc4ncc(F)c(n4)N[C@@H]1[C@@H]3C2. The summed E-state index contributed by atoms with van der Waals surface area (Å²) in [5.41, 5.74) is 6.24. The van der Waals surface area contributed by atoms with Crippen LogP contribution in [0.15, 0.2) is 18.6 Å². The van der Waals surface area contributed by atoms with E-state index in [0.29, 0.717) is 12.2 Å². The van der Waals surface area contributed by atoms with E-state index < -0.39 is 17.6 Å². The Morgan fingerprint density at radius 2 is 2.14 bits per heavy atom. The molecule has 5 N–H and O–H groups in total. The van der Waals surface area contributed by atoms with Gasteiger partial charge in [0.2, 0.25) is 17.8 Å². The lowest BCUT2D eigenvalue weighted by molar-refractivity contribution is -0.124. The molecule has 3 heterocycles. The Morgan fingerprint density at radius 3 is 2.97 bits per heavy atom. The molecule has 152 valence electrons. The third kappa shape index (κ3) is 3.15. The normalized spacial score (nSPS) is 30.5. The number of fused-ring (bicyclic) bond motifs is 5. The number of halogens is 1. The molecule has 3 aliphatic rings. The number of aromatic nitrogens is 4. The molecule has 2 fully saturated rings. The minimum absolute atomic E-state index is 0.0244. The largest absolute Gasteiger partial charge is 0.369 e. The van der Waals surface area contributed by atoms with Crippen molar-refractivity contribution in [2.45, 2.75) is 25.4 Å². The summed E-state index contributed by atoms with van der Waals surface area (Å²) in [6, 6.07) is -0.337. The summed E-state index contributed by atoms with van der Waals surface area (Å²) in [6.07, 6.45) is 5.88. The van der Waals surface area contributed by atoms with Gasteiger partial charge in [-0.05, 0) is 30.6 Å². The summed E-state index contributed by atoms with van der Waals surface area (Å²) in [6.45, 7) is 0.581. The number of primary amides is 1. The van der Waals surface area contributed by atoms with Crippen LogP contribution in [0.25, 0.3) is 0 Å². The second-order valence-electron chi connectivity index (χ2n) is 8.00. The van der Waals surface area contributed by atoms with Crippen molar-refractivity contribution in [1.29, 1.82) is 0 Å². The predicted octanol–water partition coefficient (Wildman–Crippen LogP) is 0.224. The molecule has 5 atom stereocenters. The van der Waals surface area contributed by atoms with Crippen molar-refractivity contribution < 1.29 is 14.0 Å². The molecule has 2 amide bonds. The van der Waals surface area contributed by atoms with Crippen molar-refractivity contribution in [3.05, 3.63) is 24.4 Å². The van der Waals surface area contributed by atoms with E-state index in [1.165, 1.54) is 10.9 Å². The molecule has 6 bridgehead atoms. The first kappa shape index (κ1) is 17.8. The quantitative estimate of drug-likeness (QED) is 0.537. The van der Waals surface area contributed by atoms with Crippen molar-refractivity contribution in [3.8, 4) is 0 Å². The third-order valence-electron chi connectivity index (χ3n) is 6.27. The summed E-state index contributed by atoms with van der Waals surface area (Å²) in [5, 5.41) is 13.2. The number of anilines is 3.